The highest BCUT2D eigenvalue weighted by Crippen LogP contribution is 2.27. The van der Waals surface area contributed by atoms with E-state index in [1.165, 1.54) is 18.4 Å². The lowest BCUT2D eigenvalue weighted by molar-refractivity contribution is -0.151. The van der Waals surface area contributed by atoms with Crippen LogP contribution in [0.4, 0.5) is 0 Å². The van der Waals surface area contributed by atoms with E-state index >= 15 is 0 Å². The molecule has 108 valence electrons. The van der Waals surface area contributed by atoms with Crippen LogP contribution in [0.5, 0.6) is 0 Å². The van der Waals surface area contributed by atoms with Crippen molar-refractivity contribution in [3.63, 3.8) is 0 Å². The van der Waals surface area contributed by atoms with Gasteiger partial charge in [-0.2, -0.15) is 0 Å². The lowest BCUT2D eigenvalue weighted by Crippen LogP contribution is -2.28. The van der Waals surface area contributed by atoms with Crippen molar-refractivity contribution in [1.29, 1.82) is 0 Å². The number of allylic oxidation sites excluding steroid dienone is 3. The number of ether oxygens (including phenoxy) is 1. The van der Waals surface area contributed by atoms with Crippen LogP contribution >= 0.6 is 0 Å². The third-order valence-corrected chi connectivity index (χ3v) is 3.91. The van der Waals surface area contributed by atoms with Crippen molar-refractivity contribution in [3.8, 4) is 0 Å². The van der Waals surface area contributed by atoms with E-state index in [-0.39, 0.29) is 11.6 Å². The van der Waals surface area contributed by atoms with Crippen molar-refractivity contribution in [3.05, 3.63) is 23.3 Å². The Hall–Kier alpha value is -1.05. The number of carbonyl (C=O) groups is 1. The Morgan fingerprint density at radius 2 is 2.11 bits per heavy atom. The van der Waals surface area contributed by atoms with Crippen LogP contribution < -0.4 is 0 Å². The lowest BCUT2D eigenvalue weighted by atomic mass is 9.89. The van der Waals surface area contributed by atoms with Crippen LogP contribution in [0.25, 0.3) is 0 Å². The highest BCUT2D eigenvalue weighted by molar-refractivity contribution is 5.89. The van der Waals surface area contributed by atoms with Crippen molar-refractivity contribution in [2.75, 3.05) is 0 Å². The fourth-order valence-corrected chi connectivity index (χ4v) is 2.22. The molecule has 0 amide bonds. The summed E-state index contributed by atoms with van der Waals surface area (Å²) in [5.41, 5.74) is 1.77. The number of hydrogen-bond acceptors (Lipinski definition) is 2. The molecule has 0 bridgehead atoms. The number of esters is 1. The highest BCUT2D eigenvalue weighted by atomic mass is 16.6. The van der Waals surface area contributed by atoms with Crippen LogP contribution in [0.1, 0.15) is 66.7 Å². The standard InChI is InChI=1S/C17H28O2/c1-6-9-13(3)14-10-8-11-15(12-14)16(18)19-17(4,5)7-2/h10,12-13H,6-9,11H2,1-5H3. The van der Waals surface area contributed by atoms with Gasteiger partial charge in [-0.05, 0) is 57.1 Å². The smallest absolute Gasteiger partial charge is 0.334 e. The van der Waals surface area contributed by atoms with Crippen molar-refractivity contribution >= 4 is 5.97 Å². The summed E-state index contributed by atoms with van der Waals surface area (Å²) >= 11 is 0. The molecular weight excluding hydrogens is 236 g/mol. The van der Waals surface area contributed by atoms with Crippen LogP contribution in [-0.2, 0) is 9.53 Å². The molecular formula is C17H28O2. The molecule has 0 aliphatic heterocycles. The topological polar surface area (TPSA) is 26.3 Å². The Kier molecular flexibility index (Phi) is 5.84. The summed E-state index contributed by atoms with van der Waals surface area (Å²) in [5, 5.41) is 0. The minimum absolute atomic E-state index is 0.138. The third kappa shape index (κ3) is 4.85. The summed E-state index contributed by atoms with van der Waals surface area (Å²) in [6.07, 6.45) is 9.26. The predicted octanol–water partition coefficient (Wildman–Crippen LogP) is 4.80. The average Bonchev–Trinajstić information content (AvgIpc) is 2.38. The van der Waals surface area contributed by atoms with Crippen molar-refractivity contribution in [2.45, 2.75) is 72.3 Å². The van der Waals surface area contributed by atoms with E-state index < -0.39 is 0 Å². The summed E-state index contributed by atoms with van der Waals surface area (Å²) in [6, 6.07) is 0. The van der Waals surface area contributed by atoms with Gasteiger partial charge in [0.2, 0.25) is 0 Å². The maximum atomic E-state index is 12.2. The van der Waals surface area contributed by atoms with Crippen LogP contribution in [0.3, 0.4) is 0 Å². The van der Waals surface area contributed by atoms with Crippen molar-refractivity contribution in [2.24, 2.45) is 5.92 Å². The molecule has 0 fully saturated rings. The molecule has 0 saturated heterocycles. The monoisotopic (exact) mass is 264 g/mol. The molecule has 0 aromatic rings. The first-order valence-corrected chi connectivity index (χ1v) is 7.53. The van der Waals surface area contributed by atoms with E-state index in [1.54, 1.807) is 0 Å². The zero-order chi connectivity index (χ0) is 14.5. The first-order chi connectivity index (χ1) is 8.89. The molecule has 1 aliphatic rings. The molecule has 0 radical (unpaired) electrons. The molecule has 1 unspecified atom stereocenters. The fraction of sp³-hybridized carbons (Fsp3) is 0.706. The Balaban J connectivity index is 2.73. The number of hydrogen-bond donors (Lipinski definition) is 0. The van der Waals surface area contributed by atoms with Gasteiger partial charge in [-0.1, -0.05) is 33.3 Å². The third-order valence-electron chi connectivity index (χ3n) is 3.91. The molecule has 0 aromatic heterocycles. The van der Waals surface area contributed by atoms with E-state index in [1.807, 2.05) is 20.8 Å². The Morgan fingerprint density at radius 1 is 1.42 bits per heavy atom. The Morgan fingerprint density at radius 3 is 2.68 bits per heavy atom. The van der Waals surface area contributed by atoms with E-state index in [0.717, 1.165) is 24.8 Å². The summed E-state index contributed by atoms with van der Waals surface area (Å²) < 4.78 is 5.58. The maximum Gasteiger partial charge on any atom is 0.334 e. The molecule has 1 atom stereocenters. The Bertz CT molecular complexity index is 375. The quantitative estimate of drug-likeness (QED) is 0.644. The largest absolute Gasteiger partial charge is 0.456 e. The molecule has 2 heteroatoms. The first kappa shape index (κ1) is 16.0. The molecule has 0 heterocycles. The normalized spacial score (nSPS) is 17.5. The highest BCUT2D eigenvalue weighted by Gasteiger charge is 2.24. The van der Waals surface area contributed by atoms with E-state index in [4.69, 9.17) is 4.74 Å². The molecule has 0 aromatic carbocycles. The Labute approximate surface area is 117 Å². The van der Waals surface area contributed by atoms with Gasteiger partial charge in [0.25, 0.3) is 0 Å². The van der Waals surface area contributed by atoms with Crippen LogP contribution in [0, 0.1) is 5.92 Å². The van der Waals surface area contributed by atoms with Gasteiger partial charge >= 0.3 is 5.97 Å². The van der Waals surface area contributed by atoms with Gasteiger partial charge in [0, 0.05) is 5.57 Å². The number of carbonyl (C=O) groups excluding carboxylic acids is 1. The molecule has 0 saturated carbocycles. The second-order valence-electron chi connectivity index (χ2n) is 6.10. The second kappa shape index (κ2) is 6.93. The molecule has 1 rings (SSSR count). The minimum Gasteiger partial charge on any atom is -0.456 e. The zero-order valence-corrected chi connectivity index (χ0v) is 13.1. The summed E-state index contributed by atoms with van der Waals surface area (Å²) in [4.78, 5) is 12.2. The first-order valence-electron chi connectivity index (χ1n) is 7.53. The van der Waals surface area contributed by atoms with Gasteiger partial charge in [-0.25, -0.2) is 4.79 Å². The number of rotatable bonds is 6. The van der Waals surface area contributed by atoms with Crippen molar-refractivity contribution in [1.82, 2.24) is 0 Å². The van der Waals surface area contributed by atoms with Gasteiger partial charge < -0.3 is 4.74 Å². The fourth-order valence-electron chi connectivity index (χ4n) is 2.22. The SMILES string of the molecule is CCCC(C)C1=CCCC(C(=O)OC(C)(C)CC)=C1. The zero-order valence-electron chi connectivity index (χ0n) is 13.1. The maximum absolute atomic E-state index is 12.2. The molecule has 19 heavy (non-hydrogen) atoms. The van der Waals surface area contributed by atoms with Gasteiger partial charge in [-0.3, -0.25) is 0 Å². The van der Waals surface area contributed by atoms with Crippen LogP contribution in [0.15, 0.2) is 23.3 Å². The summed E-state index contributed by atoms with van der Waals surface area (Å²) in [5.74, 6) is 0.397. The van der Waals surface area contributed by atoms with Crippen molar-refractivity contribution < 1.29 is 9.53 Å². The van der Waals surface area contributed by atoms with E-state index in [2.05, 4.69) is 26.0 Å². The molecule has 1 aliphatic carbocycles. The van der Waals surface area contributed by atoms with Gasteiger partial charge in [0.1, 0.15) is 5.60 Å². The predicted molar refractivity (Wildman–Crippen MR) is 79.9 cm³/mol. The summed E-state index contributed by atoms with van der Waals surface area (Å²) in [7, 11) is 0. The molecule has 0 spiro atoms. The van der Waals surface area contributed by atoms with Gasteiger partial charge in [-0.15, -0.1) is 0 Å². The average molecular weight is 264 g/mol. The minimum atomic E-state index is -0.367. The van der Waals surface area contributed by atoms with Gasteiger partial charge in [0.15, 0.2) is 0 Å². The molecule has 2 nitrogen and oxygen atoms in total. The second-order valence-corrected chi connectivity index (χ2v) is 6.10. The molecule has 0 N–H and O–H groups in total. The van der Waals surface area contributed by atoms with E-state index in [9.17, 15) is 4.79 Å². The van der Waals surface area contributed by atoms with Gasteiger partial charge in [0.05, 0.1) is 0 Å². The van der Waals surface area contributed by atoms with E-state index in [0.29, 0.717) is 5.92 Å². The summed E-state index contributed by atoms with van der Waals surface area (Å²) in [6.45, 7) is 10.4. The van der Waals surface area contributed by atoms with Crippen LogP contribution in [-0.4, -0.2) is 11.6 Å². The lowest BCUT2D eigenvalue weighted by Gasteiger charge is -2.25. The van der Waals surface area contributed by atoms with Crippen LogP contribution in [0.2, 0.25) is 0 Å².